The molecule has 144 valence electrons. The topological polar surface area (TPSA) is 67.2 Å². The summed E-state index contributed by atoms with van der Waals surface area (Å²) in [6.45, 7) is 0. The average Bonchev–Trinajstić information content (AvgIpc) is 3.10. The molecular weight excluding hydrogens is 357 g/mol. The van der Waals surface area contributed by atoms with Gasteiger partial charge < -0.3 is 10.4 Å². The lowest BCUT2D eigenvalue weighted by Crippen LogP contribution is -2.41. The van der Waals surface area contributed by atoms with Crippen LogP contribution < -0.4 is 5.32 Å². The molecule has 0 bridgehead atoms. The van der Waals surface area contributed by atoms with E-state index in [-0.39, 0.29) is 29.8 Å². The number of amides is 1. The van der Waals surface area contributed by atoms with Crippen LogP contribution in [0.4, 0.5) is 4.39 Å². The van der Waals surface area contributed by atoms with Gasteiger partial charge in [-0.2, -0.15) is 5.10 Å². The van der Waals surface area contributed by atoms with E-state index in [2.05, 4.69) is 10.4 Å². The van der Waals surface area contributed by atoms with Gasteiger partial charge in [-0.15, -0.1) is 0 Å². The molecular formula is C22H22FN3O2. The number of aromatic nitrogens is 2. The molecule has 1 atom stereocenters. The predicted octanol–water partition coefficient (Wildman–Crippen LogP) is 3.47. The van der Waals surface area contributed by atoms with Gasteiger partial charge in [0, 0.05) is 29.9 Å². The second kappa shape index (κ2) is 7.56. The molecule has 28 heavy (non-hydrogen) atoms. The van der Waals surface area contributed by atoms with E-state index < -0.39 is 0 Å². The first-order valence-electron chi connectivity index (χ1n) is 9.34. The largest absolute Gasteiger partial charge is 0.393 e. The minimum absolute atomic E-state index is 0.142. The number of benzene rings is 2. The van der Waals surface area contributed by atoms with E-state index in [0.717, 1.165) is 5.56 Å². The number of nitrogens with zero attached hydrogens (tertiary/aromatic N) is 2. The lowest BCUT2D eigenvalue weighted by atomic mass is 9.75. The highest BCUT2D eigenvalue weighted by molar-refractivity contribution is 6.01. The Morgan fingerprint density at radius 1 is 1.18 bits per heavy atom. The molecule has 1 aromatic heterocycles. The predicted molar refractivity (Wildman–Crippen MR) is 104 cm³/mol. The van der Waals surface area contributed by atoms with Crippen LogP contribution in [0.15, 0.2) is 60.9 Å². The van der Waals surface area contributed by atoms with E-state index in [1.54, 1.807) is 53.3 Å². The molecule has 1 saturated carbocycles. The Labute approximate surface area is 162 Å². The molecule has 0 saturated heterocycles. The molecule has 2 N–H and O–H groups in total. The molecule has 0 aliphatic heterocycles. The maximum absolute atomic E-state index is 14.3. The van der Waals surface area contributed by atoms with Crippen LogP contribution in [0.25, 0.3) is 11.1 Å². The van der Waals surface area contributed by atoms with Gasteiger partial charge in [0.1, 0.15) is 5.82 Å². The number of carbonyl (C=O) groups excluding carboxylic acids is 1. The van der Waals surface area contributed by atoms with E-state index in [4.69, 9.17) is 0 Å². The normalized spacial score (nSPS) is 19.7. The summed E-state index contributed by atoms with van der Waals surface area (Å²) in [5.41, 5.74) is 2.26. The minimum Gasteiger partial charge on any atom is -0.393 e. The van der Waals surface area contributed by atoms with Crippen molar-refractivity contribution in [1.29, 1.82) is 0 Å². The molecule has 1 heterocycles. The summed E-state index contributed by atoms with van der Waals surface area (Å²) in [5, 5.41) is 17.0. The highest BCUT2D eigenvalue weighted by atomic mass is 19.1. The quantitative estimate of drug-likeness (QED) is 0.713. The number of hydrogen-bond donors (Lipinski definition) is 2. The highest BCUT2D eigenvalue weighted by Gasteiger charge is 2.36. The summed E-state index contributed by atoms with van der Waals surface area (Å²) in [4.78, 5) is 13.1. The summed E-state index contributed by atoms with van der Waals surface area (Å²) < 4.78 is 16.0. The van der Waals surface area contributed by atoms with Crippen molar-refractivity contribution < 1.29 is 14.3 Å². The zero-order chi connectivity index (χ0) is 19.7. The summed E-state index contributed by atoms with van der Waals surface area (Å²) in [5.74, 6) is -0.494. The van der Waals surface area contributed by atoms with Gasteiger partial charge in [-0.1, -0.05) is 36.4 Å². The maximum atomic E-state index is 14.3. The number of halogens is 1. The van der Waals surface area contributed by atoms with Gasteiger partial charge in [0.25, 0.3) is 5.91 Å². The average molecular weight is 379 g/mol. The van der Waals surface area contributed by atoms with Crippen molar-refractivity contribution >= 4 is 5.91 Å². The van der Waals surface area contributed by atoms with E-state index in [1.807, 2.05) is 13.2 Å². The second-order valence-electron chi connectivity index (χ2n) is 7.31. The van der Waals surface area contributed by atoms with Crippen molar-refractivity contribution in [1.82, 2.24) is 15.1 Å². The van der Waals surface area contributed by atoms with Crippen molar-refractivity contribution in [3.63, 3.8) is 0 Å². The molecule has 0 spiro atoms. The molecule has 1 fully saturated rings. The molecule has 3 aromatic rings. The molecule has 0 radical (unpaired) electrons. The first kappa shape index (κ1) is 18.4. The Bertz CT molecular complexity index is 995. The SMILES string of the molecule is Cn1cc([C@@H](NC(=O)c2ccccc2-c2ccccc2F)C2CC(O)C2)cn1. The number of aliphatic hydroxyl groups is 1. The Balaban J connectivity index is 1.65. The van der Waals surface area contributed by atoms with Gasteiger partial charge in [0.2, 0.25) is 0 Å². The van der Waals surface area contributed by atoms with Gasteiger partial charge in [0.05, 0.1) is 18.3 Å². The smallest absolute Gasteiger partial charge is 0.252 e. The van der Waals surface area contributed by atoms with E-state index in [0.29, 0.717) is 29.5 Å². The molecule has 1 amide bonds. The number of nitrogens with one attached hydrogen (secondary N) is 1. The molecule has 1 aliphatic carbocycles. The summed E-state index contributed by atoms with van der Waals surface area (Å²) in [6, 6.07) is 13.2. The van der Waals surface area contributed by atoms with Gasteiger partial charge in [-0.25, -0.2) is 4.39 Å². The minimum atomic E-state index is -0.367. The van der Waals surface area contributed by atoms with Crippen LogP contribution in [-0.2, 0) is 7.05 Å². The third kappa shape index (κ3) is 3.55. The van der Waals surface area contributed by atoms with Gasteiger partial charge in [0.15, 0.2) is 0 Å². The fraction of sp³-hybridized carbons (Fsp3) is 0.273. The Morgan fingerprint density at radius 3 is 2.50 bits per heavy atom. The van der Waals surface area contributed by atoms with Crippen molar-refractivity contribution in [2.75, 3.05) is 0 Å². The zero-order valence-electron chi connectivity index (χ0n) is 15.5. The van der Waals surface area contributed by atoms with Crippen molar-refractivity contribution in [2.24, 2.45) is 13.0 Å². The maximum Gasteiger partial charge on any atom is 0.252 e. The Kier molecular flexibility index (Phi) is 4.96. The number of rotatable bonds is 5. The number of aliphatic hydroxyl groups excluding tert-OH is 1. The Morgan fingerprint density at radius 2 is 1.86 bits per heavy atom. The first-order chi connectivity index (χ1) is 13.5. The van der Waals surface area contributed by atoms with Crippen molar-refractivity contribution in [2.45, 2.75) is 25.0 Å². The lowest BCUT2D eigenvalue weighted by molar-refractivity contribution is 0.0235. The fourth-order valence-electron chi connectivity index (χ4n) is 3.79. The second-order valence-corrected chi connectivity index (χ2v) is 7.31. The number of hydrogen-bond acceptors (Lipinski definition) is 3. The third-order valence-corrected chi connectivity index (χ3v) is 5.33. The monoisotopic (exact) mass is 379 g/mol. The standard InChI is InChI=1S/C22H22FN3O2/c1-26-13-15(12-24-26)21(14-10-16(27)11-14)25-22(28)19-8-3-2-6-17(19)18-7-4-5-9-20(18)23/h2-9,12-14,16,21,27H,10-11H2,1H3,(H,25,28)/t14?,16?,21-/m0/s1. The molecule has 1 aliphatic rings. The third-order valence-electron chi connectivity index (χ3n) is 5.33. The van der Waals surface area contributed by atoms with E-state index in [1.165, 1.54) is 6.07 Å². The van der Waals surface area contributed by atoms with Crippen molar-refractivity contribution in [3.05, 3.63) is 77.9 Å². The van der Waals surface area contributed by atoms with Crippen LogP contribution in [0.3, 0.4) is 0 Å². The van der Waals surface area contributed by atoms with Gasteiger partial charge >= 0.3 is 0 Å². The highest BCUT2D eigenvalue weighted by Crippen LogP contribution is 2.38. The van der Waals surface area contributed by atoms with Crippen LogP contribution >= 0.6 is 0 Å². The van der Waals surface area contributed by atoms with Crippen LogP contribution in [0.2, 0.25) is 0 Å². The van der Waals surface area contributed by atoms with Crippen molar-refractivity contribution in [3.8, 4) is 11.1 Å². The molecule has 5 nitrogen and oxygen atoms in total. The number of carbonyl (C=O) groups is 1. The molecule has 4 rings (SSSR count). The lowest BCUT2D eigenvalue weighted by Gasteiger charge is -2.37. The summed E-state index contributed by atoms with van der Waals surface area (Å²) >= 11 is 0. The molecule has 6 heteroatoms. The van der Waals surface area contributed by atoms with Crippen LogP contribution in [0.1, 0.15) is 34.8 Å². The fourth-order valence-corrected chi connectivity index (χ4v) is 3.79. The van der Waals surface area contributed by atoms with Crippen LogP contribution in [0.5, 0.6) is 0 Å². The van der Waals surface area contributed by atoms with E-state index >= 15 is 0 Å². The number of aryl methyl sites for hydroxylation is 1. The van der Waals surface area contributed by atoms with E-state index in [9.17, 15) is 14.3 Å². The van der Waals surface area contributed by atoms with Crippen LogP contribution in [-0.4, -0.2) is 26.9 Å². The van der Waals surface area contributed by atoms with Crippen LogP contribution in [0, 0.1) is 11.7 Å². The Hall–Kier alpha value is -2.99. The zero-order valence-corrected chi connectivity index (χ0v) is 15.5. The molecule has 2 aromatic carbocycles. The van der Waals surface area contributed by atoms with Gasteiger partial charge in [-0.3, -0.25) is 9.48 Å². The summed E-state index contributed by atoms with van der Waals surface area (Å²) in [6.07, 6.45) is 4.55. The summed E-state index contributed by atoms with van der Waals surface area (Å²) in [7, 11) is 1.82. The first-order valence-corrected chi connectivity index (χ1v) is 9.34. The van der Waals surface area contributed by atoms with Gasteiger partial charge in [-0.05, 0) is 36.5 Å². The molecule has 0 unspecified atom stereocenters.